The van der Waals surface area contributed by atoms with E-state index in [4.69, 9.17) is 18.9 Å². The van der Waals surface area contributed by atoms with E-state index in [0.717, 1.165) is 25.0 Å². The van der Waals surface area contributed by atoms with E-state index in [9.17, 15) is 4.79 Å². The van der Waals surface area contributed by atoms with Gasteiger partial charge < -0.3 is 24.3 Å². The summed E-state index contributed by atoms with van der Waals surface area (Å²) in [5, 5.41) is 6.05. The number of hydrogen-bond acceptors (Lipinski definition) is 6. The zero-order valence-corrected chi connectivity index (χ0v) is 18.4. The third-order valence-electron chi connectivity index (χ3n) is 4.96. The van der Waals surface area contributed by atoms with Crippen LogP contribution in [-0.4, -0.2) is 52.5 Å². The topological polar surface area (TPSA) is 90.4 Å². The molecule has 3 rings (SSSR count). The van der Waals surface area contributed by atoms with E-state index < -0.39 is 0 Å². The Balaban J connectivity index is 1.83. The summed E-state index contributed by atoms with van der Waals surface area (Å²) in [4.78, 5) is 17.5. The number of aryl methyl sites for hydroxylation is 1. The Bertz CT molecular complexity index is 939. The number of nitrogens with zero attached hydrogens (tertiary/aromatic N) is 1. The number of nitrogens with one attached hydrogen (secondary N) is 2. The third kappa shape index (κ3) is 5.88. The van der Waals surface area contributed by atoms with Crippen LogP contribution in [0.4, 0.5) is 5.69 Å². The van der Waals surface area contributed by atoms with Gasteiger partial charge in [0.2, 0.25) is 5.96 Å². The molecular weight excluding hydrogens is 398 g/mol. The molecule has 0 saturated carbocycles. The number of methoxy groups -OCH3 is 3. The lowest BCUT2D eigenvalue weighted by Crippen LogP contribution is -2.37. The number of amides is 1. The summed E-state index contributed by atoms with van der Waals surface area (Å²) in [6.07, 6.45) is 2.02. The fraction of sp³-hybridized carbons (Fsp3) is 0.391. The van der Waals surface area contributed by atoms with Crippen molar-refractivity contribution in [3.8, 4) is 17.2 Å². The van der Waals surface area contributed by atoms with E-state index in [0.29, 0.717) is 41.0 Å². The smallest absolute Gasteiger partial charge is 0.258 e. The maximum absolute atomic E-state index is 12.9. The highest BCUT2D eigenvalue weighted by atomic mass is 16.5. The van der Waals surface area contributed by atoms with Crippen LogP contribution < -0.4 is 24.8 Å². The molecule has 0 spiro atoms. The summed E-state index contributed by atoms with van der Waals surface area (Å²) in [7, 11) is 4.67. The summed E-state index contributed by atoms with van der Waals surface area (Å²) >= 11 is 0. The van der Waals surface area contributed by atoms with E-state index in [-0.39, 0.29) is 12.0 Å². The summed E-state index contributed by atoms with van der Waals surface area (Å²) in [5.41, 5.74) is 2.18. The molecule has 0 aromatic heterocycles. The predicted molar refractivity (Wildman–Crippen MR) is 120 cm³/mol. The molecule has 166 valence electrons. The maximum Gasteiger partial charge on any atom is 0.258 e. The summed E-state index contributed by atoms with van der Waals surface area (Å²) in [6, 6.07) is 10.7. The lowest BCUT2D eigenvalue weighted by Gasteiger charge is -2.16. The van der Waals surface area contributed by atoms with Crippen LogP contribution in [0.3, 0.4) is 0 Å². The SMILES string of the molecule is COc1ccc(C)cc1NC(=NCC1CCCO1)NC(=O)c1ccc(OC)c(OC)c1. The number of carbonyl (C=O) groups excluding carboxylic acids is 1. The average Bonchev–Trinajstić information content (AvgIpc) is 3.30. The Hall–Kier alpha value is -3.26. The van der Waals surface area contributed by atoms with Gasteiger partial charge in [-0.25, -0.2) is 4.99 Å². The second-order valence-corrected chi connectivity index (χ2v) is 7.18. The van der Waals surface area contributed by atoms with Crippen molar-refractivity contribution in [3.63, 3.8) is 0 Å². The van der Waals surface area contributed by atoms with Crippen molar-refractivity contribution in [2.75, 3.05) is 39.8 Å². The molecule has 1 aliphatic heterocycles. The standard InChI is InChI=1S/C23H29N3O5/c1-15-7-9-19(28-2)18(12-15)25-23(24-14-17-6-5-11-31-17)26-22(27)16-8-10-20(29-3)21(13-16)30-4/h7-10,12-13,17H,5-6,11,14H2,1-4H3,(H2,24,25,26,27). The van der Waals surface area contributed by atoms with E-state index in [1.165, 1.54) is 7.11 Å². The first kappa shape index (κ1) is 22.4. The van der Waals surface area contributed by atoms with Crippen molar-refractivity contribution in [2.24, 2.45) is 4.99 Å². The molecule has 2 aromatic carbocycles. The van der Waals surface area contributed by atoms with Gasteiger partial charge in [0.1, 0.15) is 5.75 Å². The molecule has 1 atom stereocenters. The molecule has 2 aromatic rings. The number of carbonyl (C=O) groups is 1. The van der Waals surface area contributed by atoms with Crippen LogP contribution in [0.5, 0.6) is 17.2 Å². The zero-order valence-electron chi connectivity index (χ0n) is 18.4. The molecule has 0 aliphatic carbocycles. The Morgan fingerprint density at radius 3 is 2.48 bits per heavy atom. The number of ether oxygens (including phenoxy) is 4. The van der Waals surface area contributed by atoms with Gasteiger partial charge in [-0.15, -0.1) is 0 Å². The lowest BCUT2D eigenvalue weighted by atomic mass is 10.2. The highest BCUT2D eigenvalue weighted by Crippen LogP contribution is 2.28. The van der Waals surface area contributed by atoms with Crippen LogP contribution in [0.1, 0.15) is 28.8 Å². The number of aliphatic imine (C=N–C) groups is 1. The van der Waals surface area contributed by atoms with E-state index >= 15 is 0 Å². The van der Waals surface area contributed by atoms with Crippen LogP contribution in [-0.2, 0) is 4.74 Å². The largest absolute Gasteiger partial charge is 0.495 e. The molecule has 2 N–H and O–H groups in total. The summed E-state index contributed by atoms with van der Waals surface area (Å²) in [6.45, 7) is 3.17. The number of rotatable bonds is 7. The molecule has 1 fully saturated rings. The normalized spacial score (nSPS) is 16.0. The van der Waals surface area contributed by atoms with Gasteiger partial charge >= 0.3 is 0 Å². The van der Waals surface area contributed by atoms with Crippen LogP contribution >= 0.6 is 0 Å². The van der Waals surface area contributed by atoms with Gasteiger partial charge in [0, 0.05) is 12.2 Å². The van der Waals surface area contributed by atoms with Gasteiger partial charge in [-0.3, -0.25) is 10.1 Å². The number of hydrogen-bond donors (Lipinski definition) is 2. The van der Waals surface area contributed by atoms with E-state index in [1.807, 2.05) is 25.1 Å². The van der Waals surface area contributed by atoms with Crippen molar-refractivity contribution in [3.05, 3.63) is 47.5 Å². The number of benzene rings is 2. The van der Waals surface area contributed by atoms with Crippen molar-refractivity contribution in [1.29, 1.82) is 0 Å². The predicted octanol–water partition coefficient (Wildman–Crippen LogP) is 3.40. The van der Waals surface area contributed by atoms with Gasteiger partial charge in [0.05, 0.1) is 39.7 Å². The maximum atomic E-state index is 12.9. The van der Waals surface area contributed by atoms with Gasteiger partial charge in [-0.05, 0) is 55.7 Å². The lowest BCUT2D eigenvalue weighted by molar-refractivity contribution is 0.0975. The van der Waals surface area contributed by atoms with Crippen LogP contribution in [0, 0.1) is 6.92 Å². The molecule has 1 heterocycles. The van der Waals surface area contributed by atoms with Crippen molar-refractivity contribution in [1.82, 2.24) is 5.32 Å². The molecule has 31 heavy (non-hydrogen) atoms. The van der Waals surface area contributed by atoms with Gasteiger partial charge in [-0.2, -0.15) is 0 Å². The average molecular weight is 428 g/mol. The van der Waals surface area contributed by atoms with Crippen LogP contribution in [0.15, 0.2) is 41.4 Å². The minimum Gasteiger partial charge on any atom is -0.495 e. The van der Waals surface area contributed by atoms with Gasteiger partial charge in [-0.1, -0.05) is 6.07 Å². The minimum atomic E-state index is -0.328. The monoisotopic (exact) mass is 427 g/mol. The number of guanidine groups is 1. The molecule has 1 unspecified atom stereocenters. The molecular formula is C23H29N3O5. The van der Waals surface area contributed by atoms with Crippen molar-refractivity contribution < 1.29 is 23.7 Å². The minimum absolute atomic E-state index is 0.0502. The van der Waals surface area contributed by atoms with Crippen molar-refractivity contribution >= 4 is 17.6 Å². The first-order valence-corrected chi connectivity index (χ1v) is 10.1. The third-order valence-corrected chi connectivity index (χ3v) is 4.96. The van der Waals surface area contributed by atoms with Crippen molar-refractivity contribution in [2.45, 2.75) is 25.9 Å². The fourth-order valence-corrected chi connectivity index (χ4v) is 3.30. The zero-order chi connectivity index (χ0) is 22.2. The summed E-state index contributed by atoms with van der Waals surface area (Å²) < 4.78 is 21.6. The molecule has 8 nitrogen and oxygen atoms in total. The Kier molecular flexibility index (Phi) is 7.72. The highest BCUT2D eigenvalue weighted by Gasteiger charge is 2.17. The summed E-state index contributed by atoms with van der Waals surface area (Å²) in [5.74, 6) is 1.66. The first-order chi connectivity index (χ1) is 15.0. The molecule has 8 heteroatoms. The molecule has 0 bridgehead atoms. The highest BCUT2D eigenvalue weighted by molar-refractivity contribution is 6.10. The quantitative estimate of drug-likeness (QED) is 0.520. The first-order valence-electron chi connectivity index (χ1n) is 10.1. The molecule has 1 saturated heterocycles. The van der Waals surface area contributed by atoms with Crippen LogP contribution in [0.25, 0.3) is 0 Å². The Morgan fingerprint density at radius 1 is 1.06 bits per heavy atom. The molecule has 1 aliphatic rings. The van der Waals surface area contributed by atoms with Crippen LogP contribution in [0.2, 0.25) is 0 Å². The Labute approximate surface area is 182 Å². The Morgan fingerprint density at radius 2 is 1.81 bits per heavy atom. The van der Waals surface area contributed by atoms with Gasteiger partial charge in [0.25, 0.3) is 5.91 Å². The molecule has 0 radical (unpaired) electrons. The second-order valence-electron chi connectivity index (χ2n) is 7.18. The fourth-order valence-electron chi connectivity index (χ4n) is 3.30. The number of anilines is 1. The van der Waals surface area contributed by atoms with Gasteiger partial charge in [0.15, 0.2) is 11.5 Å². The van der Waals surface area contributed by atoms with E-state index in [2.05, 4.69) is 15.6 Å². The molecule has 1 amide bonds. The second kappa shape index (κ2) is 10.7. The van der Waals surface area contributed by atoms with E-state index in [1.54, 1.807) is 32.4 Å².